The van der Waals surface area contributed by atoms with Crippen molar-refractivity contribution in [3.05, 3.63) is 27.0 Å². The largest absolute Gasteiger partial charge is 0.240 e. The smallest absolute Gasteiger partial charge is 0.148 e. The minimum atomic E-state index is 0.396. The van der Waals surface area contributed by atoms with Crippen molar-refractivity contribution in [1.82, 2.24) is 4.98 Å². The summed E-state index contributed by atoms with van der Waals surface area (Å²) in [7, 11) is 0. The standard InChI is InChI=1S/C8H9Cl2N/c1-4-5(2)7(9)8(10)11-6(4)3/h1-3H3. The molecule has 0 saturated heterocycles. The first-order chi connectivity index (χ1) is 5.04. The lowest BCUT2D eigenvalue weighted by atomic mass is 10.1. The van der Waals surface area contributed by atoms with Crippen molar-refractivity contribution in [3.8, 4) is 0 Å². The van der Waals surface area contributed by atoms with Gasteiger partial charge in [0.15, 0.2) is 0 Å². The Morgan fingerprint density at radius 2 is 1.55 bits per heavy atom. The molecule has 3 heteroatoms. The van der Waals surface area contributed by atoms with Crippen molar-refractivity contribution in [2.24, 2.45) is 0 Å². The van der Waals surface area contributed by atoms with Crippen molar-refractivity contribution in [3.63, 3.8) is 0 Å². The number of halogens is 2. The fraction of sp³-hybridized carbons (Fsp3) is 0.375. The van der Waals surface area contributed by atoms with Gasteiger partial charge in [-0.1, -0.05) is 23.2 Å². The van der Waals surface area contributed by atoms with Gasteiger partial charge in [-0.2, -0.15) is 0 Å². The second-order valence-corrected chi connectivity index (χ2v) is 3.29. The van der Waals surface area contributed by atoms with Gasteiger partial charge < -0.3 is 0 Å². The minimum absolute atomic E-state index is 0.396. The molecule has 1 rings (SSSR count). The summed E-state index contributed by atoms with van der Waals surface area (Å²) in [5.74, 6) is 0. The Hall–Kier alpha value is -0.270. The maximum Gasteiger partial charge on any atom is 0.148 e. The lowest BCUT2D eigenvalue weighted by Crippen LogP contribution is -1.92. The van der Waals surface area contributed by atoms with Gasteiger partial charge in [0.1, 0.15) is 5.15 Å². The fourth-order valence-corrected chi connectivity index (χ4v) is 1.32. The number of hydrogen-bond acceptors (Lipinski definition) is 1. The highest BCUT2D eigenvalue weighted by atomic mass is 35.5. The summed E-state index contributed by atoms with van der Waals surface area (Å²) in [5.41, 5.74) is 3.07. The van der Waals surface area contributed by atoms with E-state index in [4.69, 9.17) is 23.2 Å². The Morgan fingerprint density at radius 1 is 1.00 bits per heavy atom. The van der Waals surface area contributed by atoms with Crippen molar-refractivity contribution >= 4 is 23.2 Å². The highest BCUT2D eigenvalue weighted by molar-refractivity contribution is 6.41. The predicted molar refractivity (Wildman–Crippen MR) is 48.5 cm³/mol. The lowest BCUT2D eigenvalue weighted by Gasteiger charge is -2.06. The van der Waals surface area contributed by atoms with E-state index in [0.717, 1.165) is 16.8 Å². The van der Waals surface area contributed by atoms with Crippen molar-refractivity contribution in [2.45, 2.75) is 20.8 Å². The number of rotatable bonds is 0. The van der Waals surface area contributed by atoms with Crippen LogP contribution < -0.4 is 0 Å². The molecule has 0 atom stereocenters. The third-order valence-corrected chi connectivity index (χ3v) is 2.71. The molecule has 0 unspecified atom stereocenters. The monoisotopic (exact) mass is 189 g/mol. The van der Waals surface area contributed by atoms with Crippen molar-refractivity contribution in [1.29, 1.82) is 0 Å². The molecule has 1 heterocycles. The molecule has 0 aliphatic heterocycles. The van der Waals surface area contributed by atoms with E-state index in [9.17, 15) is 0 Å². The van der Waals surface area contributed by atoms with Gasteiger partial charge in [-0.05, 0) is 31.9 Å². The Balaban J connectivity index is 3.46. The molecule has 1 aromatic heterocycles. The Morgan fingerprint density at radius 3 is 2.09 bits per heavy atom. The summed E-state index contributed by atoms with van der Waals surface area (Å²) >= 11 is 11.6. The molecule has 1 aromatic rings. The Kier molecular flexibility index (Phi) is 2.40. The number of aromatic nitrogens is 1. The topological polar surface area (TPSA) is 12.9 Å². The van der Waals surface area contributed by atoms with Gasteiger partial charge in [-0.3, -0.25) is 0 Å². The van der Waals surface area contributed by atoms with Gasteiger partial charge in [0.2, 0.25) is 0 Å². The first-order valence-corrected chi connectivity index (χ1v) is 4.08. The molecule has 0 bridgehead atoms. The lowest BCUT2D eigenvalue weighted by molar-refractivity contribution is 1.12. The molecule has 0 aliphatic rings. The normalized spacial score (nSPS) is 10.3. The fourth-order valence-electron chi connectivity index (χ4n) is 0.871. The molecule has 0 N–H and O–H groups in total. The van der Waals surface area contributed by atoms with Gasteiger partial charge in [0.05, 0.1) is 5.02 Å². The first-order valence-electron chi connectivity index (χ1n) is 3.33. The summed E-state index contributed by atoms with van der Waals surface area (Å²) in [6.07, 6.45) is 0. The molecule has 11 heavy (non-hydrogen) atoms. The van der Waals surface area contributed by atoms with E-state index in [1.807, 2.05) is 20.8 Å². The molecule has 0 spiro atoms. The maximum atomic E-state index is 5.86. The number of hydrogen-bond donors (Lipinski definition) is 0. The van der Waals surface area contributed by atoms with Crippen LogP contribution in [0.15, 0.2) is 0 Å². The van der Waals surface area contributed by atoms with E-state index >= 15 is 0 Å². The van der Waals surface area contributed by atoms with E-state index in [0.29, 0.717) is 10.2 Å². The highest BCUT2D eigenvalue weighted by Gasteiger charge is 2.07. The zero-order valence-corrected chi connectivity index (χ0v) is 8.22. The van der Waals surface area contributed by atoms with Crippen LogP contribution in [-0.4, -0.2) is 4.98 Å². The summed E-state index contributed by atoms with van der Waals surface area (Å²) in [5, 5.41) is 0.960. The maximum absolute atomic E-state index is 5.86. The summed E-state index contributed by atoms with van der Waals surface area (Å²) < 4.78 is 0. The van der Waals surface area contributed by atoms with Gasteiger partial charge >= 0.3 is 0 Å². The second kappa shape index (κ2) is 3.00. The van der Waals surface area contributed by atoms with Gasteiger partial charge in [-0.15, -0.1) is 0 Å². The summed E-state index contributed by atoms with van der Waals surface area (Å²) in [4.78, 5) is 4.07. The SMILES string of the molecule is Cc1nc(Cl)c(Cl)c(C)c1C. The van der Waals surface area contributed by atoms with Crippen molar-refractivity contribution in [2.75, 3.05) is 0 Å². The quantitative estimate of drug-likeness (QED) is 0.572. The highest BCUT2D eigenvalue weighted by Crippen LogP contribution is 2.26. The number of pyridine rings is 1. The number of nitrogens with zero attached hydrogens (tertiary/aromatic N) is 1. The zero-order chi connectivity index (χ0) is 8.59. The van der Waals surface area contributed by atoms with Crippen LogP contribution in [0.3, 0.4) is 0 Å². The van der Waals surface area contributed by atoms with Crippen LogP contribution in [0.25, 0.3) is 0 Å². The molecule has 0 aromatic carbocycles. The summed E-state index contributed by atoms with van der Waals surface area (Å²) in [6.45, 7) is 5.85. The van der Waals surface area contributed by atoms with Crippen LogP contribution in [0.4, 0.5) is 0 Å². The molecule has 1 nitrogen and oxygen atoms in total. The van der Waals surface area contributed by atoms with Crippen LogP contribution in [0, 0.1) is 20.8 Å². The van der Waals surface area contributed by atoms with Crippen LogP contribution in [0.1, 0.15) is 16.8 Å². The van der Waals surface area contributed by atoms with Crippen LogP contribution in [0.2, 0.25) is 10.2 Å². The third kappa shape index (κ3) is 1.49. The zero-order valence-electron chi connectivity index (χ0n) is 6.70. The number of aryl methyl sites for hydroxylation is 1. The van der Waals surface area contributed by atoms with Crippen LogP contribution in [-0.2, 0) is 0 Å². The Labute approximate surface area is 76.4 Å². The van der Waals surface area contributed by atoms with Crippen LogP contribution >= 0.6 is 23.2 Å². The van der Waals surface area contributed by atoms with Gasteiger partial charge in [-0.25, -0.2) is 4.98 Å². The van der Waals surface area contributed by atoms with Crippen LogP contribution in [0.5, 0.6) is 0 Å². The Bertz CT molecular complexity index is 268. The average molecular weight is 190 g/mol. The van der Waals surface area contributed by atoms with Gasteiger partial charge in [0.25, 0.3) is 0 Å². The minimum Gasteiger partial charge on any atom is -0.240 e. The van der Waals surface area contributed by atoms with E-state index in [1.54, 1.807) is 0 Å². The molecule has 0 saturated carbocycles. The second-order valence-electron chi connectivity index (χ2n) is 2.55. The molecule has 60 valence electrons. The molecular formula is C8H9Cl2N. The molecule has 0 aliphatic carbocycles. The molecule has 0 fully saturated rings. The van der Waals surface area contributed by atoms with E-state index in [2.05, 4.69) is 4.98 Å². The molecule has 0 radical (unpaired) electrons. The first kappa shape index (κ1) is 8.82. The van der Waals surface area contributed by atoms with E-state index in [1.165, 1.54) is 0 Å². The molecule has 0 amide bonds. The molecular weight excluding hydrogens is 181 g/mol. The summed E-state index contributed by atoms with van der Waals surface area (Å²) in [6, 6.07) is 0. The van der Waals surface area contributed by atoms with E-state index in [-0.39, 0.29) is 0 Å². The third-order valence-electron chi connectivity index (χ3n) is 1.88. The van der Waals surface area contributed by atoms with E-state index < -0.39 is 0 Å². The van der Waals surface area contributed by atoms with Gasteiger partial charge in [0, 0.05) is 5.69 Å². The average Bonchev–Trinajstić information content (AvgIpc) is 1.97. The predicted octanol–water partition coefficient (Wildman–Crippen LogP) is 3.31. The van der Waals surface area contributed by atoms with Crippen molar-refractivity contribution < 1.29 is 0 Å².